The highest BCUT2D eigenvalue weighted by Gasteiger charge is 2.19. The number of carbonyl (C=O) groups excluding carboxylic acids is 1. The fraction of sp³-hybridized carbons (Fsp3) is 0.381. The summed E-state index contributed by atoms with van der Waals surface area (Å²) in [5, 5.41) is 3.09. The van der Waals surface area contributed by atoms with Crippen molar-refractivity contribution in [3.05, 3.63) is 69.7 Å². The molecule has 0 unspecified atom stereocenters. The molecule has 0 fully saturated rings. The van der Waals surface area contributed by atoms with Crippen molar-refractivity contribution in [2.24, 2.45) is 5.41 Å². The van der Waals surface area contributed by atoms with Crippen molar-refractivity contribution in [2.75, 3.05) is 6.54 Å². The summed E-state index contributed by atoms with van der Waals surface area (Å²) in [6.07, 6.45) is 2.27. The Bertz CT molecular complexity index is 659. The first kappa shape index (κ1) is 18.7. The number of halogens is 1. The molecule has 0 aliphatic rings. The second-order valence-corrected chi connectivity index (χ2v) is 8.15. The Labute approximate surface area is 153 Å². The van der Waals surface area contributed by atoms with Crippen LogP contribution >= 0.6 is 15.9 Å². The van der Waals surface area contributed by atoms with Crippen molar-refractivity contribution in [1.82, 2.24) is 5.32 Å². The van der Waals surface area contributed by atoms with Gasteiger partial charge in [0.2, 0.25) is 5.91 Å². The second kappa shape index (κ2) is 8.48. The number of carbonyl (C=O) groups is 1. The molecule has 1 amide bonds. The maximum absolute atomic E-state index is 12.1. The quantitative estimate of drug-likeness (QED) is 0.705. The molecule has 2 aromatic rings. The number of hydrogen-bond donors (Lipinski definition) is 1. The third-order valence-corrected chi connectivity index (χ3v) is 4.65. The van der Waals surface area contributed by atoms with Crippen molar-refractivity contribution >= 4 is 21.8 Å². The van der Waals surface area contributed by atoms with Gasteiger partial charge in [-0.2, -0.15) is 0 Å². The largest absolute Gasteiger partial charge is 0.356 e. The molecule has 0 radical (unpaired) electrons. The van der Waals surface area contributed by atoms with Crippen LogP contribution < -0.4 is 5.32 Å². The van der Waals surface area contributed by atoms with Gasteiger partial charge in [0.15, 0.2) is 0 Å². The van der Waals surface area contributed by atoms with Gasteiger partial charge in [0.05, 0.1) is 0 Å². The van der Waals surface area contributed by atoms with E-state index in [0.29, 0.717) is 13.0 Å². The molecule has 3 heteroatoms. The molecule has 0 atom stereocenters. The summed E-state index contributed by atoms with van der Waals surface area (Å²) in [5.41, 5.74) is 3.78. The highest BCUT2D eigenvalue weighted by Crippen LogP contribution is 2.22. The molecular weight excluding hydrogens is 362 g/mol. The Balaban J connectivity index is 1.77. The van der Waals surface area contributed by atoms with Crippen LogP contribution in [0.3, 0.4) is 0 Å². The standard InChI is InChI=1S/C21H26BrNO/c1-16-4-6-17(7-5-16)10-13-20(24)23-15-21(2,3)14-18-8-11-19(22)12-9-18/h4-9,11-12H,10,13-15H2,1-3H3,(H,23,24). The van der Waals surface area contributed by atoms with E-state index in [1.807, 2.05) is 0 Å². The first-order chi connectivity index (χ1) is 11.3. The number of aryl methyl sites for hydroxylation is 2. The van der Waals surface area contributed by atoms with Gasteiger partial charge in [0.1, 0.15) is 0 Å². The Morgan fingerprint density at radius 1 is 1.00 bits per heavy atom. The van der Waals surface area contributed by atoms with Crippen molar-refractivity contribution in [3.8, 4) is 0 Å². The summed E-state index contributed by atoms with van der Waals surface area (Å²) in [5.74, 6) is 0.124. The van der Waals surface area contributed by atoms with Crippen LogP contribution in [0, 0.1) is 12.3 Å². The SMILES string of the molecule is Cc1ccc(CCC(=O)NCC(C)(C)Cc2ccc(Br)cc2)cc1. The maximum Gasteiger partial charge on any atom is 0.220 e. The lowest BCUT2D eigenvalue weighted by Gasteiger charge is -2.25. The molecular formula is C21H26BrNO. The third kappa shape index (κ3) is 6.48. The fourth-order valence-electron chi connectivity index (χ4n) is 2.66. The average molecular weight is 388 g/mol. The van der Waals surface area contributed by atoms with Crippen LogP contribution in [0.15, 0.2) is 53.0 Å². The van der Waals surface area contributed by atoms with E-state index in [4.69, 9.17) is 0 Å². The van der Waals surface area contributed by atoms with Crippen LogP contribution in [-0.4, -0.2) is 12.5 Å². The molecule has 2 rings (SSSR count). The Morgan fingerprint density at radius 3 is 2.21 bits per heavy atom. The third-order valence-electron chi connectivity index (χ3n) is 4.12. The summed E-state index contributed by atoms with van der Waals surface area (Å²) in [4.78, 5) is 12.1. The monoisotopic (exact) mass is 387 g/mol. The highest BCUT2D eigenvalue weighted by atomic mass is 79.9. The van der Waals surface area contributed by atoms with Crippen LogP contribution in [0.25, 0.3) is 0 Å². The van der Waals surface area contributed by atoms with Gasteiger partial charge in [-0.05, 0) is 48.4 Å². The lowest BCUT2D eigenvalue weighted by Crippen LogP contribution is -2.35. The van der Waals surface area contributed by atoms with Crippen molar-refractivity contribution in [2.45, 2.75) is 40.0 Å². The molecule has 2 aromatic carbocycles. The van der Waals surface area contributed by atoms with E-state index in [9.17, 15) is 4.79 Å². The lowest BCUT2D eigenvalue weighted by molar-refractivity contribution is -0.121. The first-order valence-electron chi connectivity index (χ1n) is 8.41. The van der Waals surface area contributed by atoms with Crippen molar-refractivity contribution in [3.63, 3.8) is 0 Å². The Hall–Kier alpha value is -1.61. The van der Waals surface area contributed by atoms with Crippen molar-refractivity contribution in [1.29, 1.82) is 0 Å². The van der Waals surface area contributed by atoms with Gasteiger partial charge in [-0.25, -0.2) is 0 Å². The number of benzene rings is 2. The van der Waals surface area contributed by atoms with Gasteiger partial charge in [-0.3, -0.25) is 4.79 Å². The summed E-state index contributed by atoms with van der Waals surface area (Å²) >= 11 is 3.46. The number of hydrogen-bond acceptors (Lipinski definition) is 1. The van der Waals surface area contributed by atoms with Gasteiger partial charge >= 0.3 is 0 Å². The molecule has 0 spiro atoms. The van der Waals surface area contributed by atoms with Crippen LogP contribution in [0.2, 0.25) is 0 Å². The van der Waals surface area contributed by atoms with Crippen LogP contribution in [0.4, 0.5) is 0 Å². The first-order valence-corrected chi connectivity index (χ1v) is 9.20. The van der Waals surface area contributed by atoms with Crippen LogP contribution in [-0.2, 0) is 17.6 Å². The smallest absolute Gasteiger partial charge is 0.220 e. The molecule has 0 heterocycles. The predicted octanol–water partition coefficient (Wildman–Crippen LogP) is 5.08. The molecule has 1 N–H and O–H groups in total. The molecule has 0 aliphatic carbocycles. The van der Waals surface area contributed by atoms with Crippen molar-refractivity contribution < 1.29 is 4.79 Å². The Morgan fingerprint density at radius 2 is 1.58 bits per heavy atom. The van der Waals surface area contributed by atoms with E-state index in [0.717, 1.165) is 17.3 Å². The highest BCUT2D eigenvalue weighted by molar-refractivity contribution is 9.10. The number of rotatable bonds is 7. The predicted molar refractivity (Wildman–Crippen MR) is 104 cm³/mol. The van der Waals surface area contributed by atoms with E-state index < -0.39 is 0 Å². The fourth-order valence-corrected chi connectivity index (χ4v) is 2.92. The summed E-state index contributed by atoms with van der Waals surface area (Å²) in [6.45, 7) is 7.14. The van der Waals surface area contributed by atoms with E-state index in [2.05, 4.69) is 90.5 Å². The van der Waals surface area contributed by atoms with E-state index in [-0.39, 0.29) is 11.3 Å². The zero-order chi connectivity index (χ0) is 17.6. The second-order valence-electron chi connectivity index (χ2n) is 7.23. The minimum absolute atomic E-state index is 0.0351. The van der Waals surface area contributed by atoms with Gasteiger partial charge in [-0.15, -0.1) is 0 Å². The zero-order valence-corrected chi connectivity index (χ0v) is 16.3. The van der Waals surface area contributed by atoms with Gasteiger partial charge in [-0.1, -0.05) is 71.7 Å². The number of nitrogens with one attached hydrogen (secondary N) is 1. The number of amides is 1. The minimum atomic E-state index is 0.0351. The summed E-state index contributed by atoms with van der Waals surface area (Å²) in [6, 6.07) is 16.8. The average Bonchev–Trinajstić information content (AvgIpc) is 2.54. The molecule has 24 heavy (non-hydrogen) atoms. The van der Waals surface area contributed by atoms with E-state index >= 15 is 0 Å². The van der Waals surface area contributed by atoms with Gasteiger partial charge in [0.25, 0.3) is 0 Å². The molecule has 0 aromatic heterocycles. The van der Waals surface area contributed by atoms with Crippen LogP contribution in [0.1, 0.15) is 37.0 Å². The van der Waals surface area contributed by atoms with Gasteiger partial charge < -0.3 is 5.32 Å². The molecule has 0 saturated heterocycles. The van der Waals surface area contributed by atoms with Crippen LogP contribution in [0.5, 0.6) is 0 Å². The summed E-state index contributed by atoms with van der Waals surface area (Å²) in [7, 11) is 0. The maximum atomic E-state index is 12.1. The molecule has 0 bridgehead atoms. The zero-order valence-electron chi connectivity index (χ0n) is 14.7. The summed E-state index contributed by atoms with van der Waals surface area (Å²) < 4.78 is 1.09. The normalized spacial score (nSPS) is 11.3. The topological polar surface area (TPSA) is 29.1 Å². The van der Waals surface area contributed by atoms with E-state index in [1.54, 1.807) is 0 Å². The van der Waals surface area contributed by atoms with Gasteiger partial charge in [0, 0.05) is 17.4 Å². The van der Waals surface area contributed by atoms with E-state index in [1.165, 1.54) is 16.7 Å². The minimum Gasteiger partial charge on any atom is -0.356 e. The molecule has 2 nitrogen and oxygen atoms in total. The lowest BCUT2D eigenvalue weighted by atomic mass is 9.85. The molecule has 0 saturated carbocycles. The molecule has 128 valence electrons. The Kier molecular flexibility index (Phi) is 6.61. The molecule has 0 aliphatic heterocycles.